The SMILES string of the molecule is CC(C)c1cncc2c1c(Sc1ccc(F)cc1)c1n2CCC1CC(=O)O. The van der Waals surface area contributed by atoms with Gasteiger partial charge in [0.05, 0.1) is 18.1 Å². The van der Waals surface area contributed by atoms with Gasteiger partial charge in [-0.1, -0.05) is 25.6 Å². The first-order valence-electron chi connectivity index (χ1n) is 9.11. The van der Waals surface area contributed by atoms with Crippen molar-refractivity contribution in [2.24, 2.45) is 0 Å². The van der Waals surface area contributed by atoms with Crippen LogP contribution in [0.1, 0.15) is 49.8 Å². The fourth-order valence-electron chi connectivity index (χ4n) is 3.94. The van der Waals surface area contributed by atoms with Gasteiger partial charge in [0.25, 0.3) is 0 Å². The lowest BCUT2D eigenvalue weighted by Crippen LogP contribution is -2.04. The number of nitrogens with zero attached hydrogens (tertiary/aromatic N) is 2. The number of aliphatic carboxylic acids is 1. The quantitative estimate of drug-likeness (QED) is 0.639. The molecule has 1 N–H and O–H groups in total. The zero-order valence-electron chi connectivity index (χ0n) is 15.3. The molecule has 1 aliphatic heterocycles. The zero-order valence-corrected chi connectivity index (χ0v) is 16.1. The third kappa shape index (κ3) is 3.23. The Morgan fingerprint density at radius 1 is 1.33 bits per heavy atom. The lowest BCUT2D eigenvalue weighted by Gasteiger charge is -2.13. The molecule has 1 unspecified atom stereocenters. The molecule has 4 nitrogen and oxygen atoms in total. The van der Waals surface area contributed by atoms with Crippen LogP contribution in [0.3, 0.4) is 0 Å². The van der Waals surface area contributed by atoms with Gasteiger partial charge in [-0.3, -0.25) is 9.78 Å². The highest BCUT2D eigenvalue weighted by Gasteiger charge is 2.32. The normalized spacial score (nSPS) is 16.2. The molecule has 3 aromatic rings. The first kappa shape index (κ1) is 18.0. The van der Waals surface area contributed by atoms with Crippen LogP contribution < -0.4 is 0 Å². The minimum absolute atomic E-state index is 0.0159. The van der Waals surface area contributed by atoms with Gasteiger partial charge in [-0.15, -0.1) is 0 Å². The molecule has 0 radical (unpaired) electrons. The number of halogens is 1. The van der Waals surface area contributed by atoms with Crippen LogP contribution >= 0.6 is 11.8 Å². The molecule has 0 saturated heterocycles. The molecule has 2 aromatic heterocycles. The van der Waals surface area contributed by atoms with Crippen molar-refractivity contribution >= 4 is 28.6 Å². The predicted octanol–water partition coefficient (Wildman–Crippen LogP) is 5.41. The van der Waals surface area contributed by atoms with Gasteiger partial charge in [-0.2, -0.15) is 0 Å². The number of hydrogen-bond donors (Lipinski definition) is 1. The van der Waals surface area contributed by atoms with E-state index in [2.05, 4.69) is 23.4 Å². The highest BCUT2D eigenvalue weighted by atomic mass is 32.2. The van der Waals surface area contributed by atoms with Crippen molar-refractivity contribution in [1.29, 1.82) is 0 Å². The summed E-state index contributed by atoms with van der Waals surface area (Å²) in [6.45, 7) is 5.08. The molecule has 0 bridgehead atoms. The molecule has 6 heteroatoms. The molecule has 27 heavy (non-hydrogen) atoms. The van der Waals surface area contributed by atoms with E-state index < -0.39 is 5.97 Å². The minimum atomic E-state index is -0.779. The summed E-state index contributed by atoms with van der Waals surface area (Å²) in [5, 5.41) is 10.5. The molecule has 0 aliphatic carbocycles. The van der Waals surface area contributed by atoms with E-state index in [1.54, 1.807) is 23.9 Å². The van der Waals surface area contributed by atoms with E-state index in [9.17, 15) is 14.3 Å². The lowest BCUT2D eigenvalue weighted by atomic mass is 9.97. The van der Waals surface area contributed by atoms with Crippen molar-refractivity contribution in [3.05, 3.63) is 53.7 Å². The van der Waals surface area contributed by atoms with E-state index in [4.69, 9.17) is 0 Å². The summed E-state index contributed by atoms with van der Waals surface area (Å²) >= 11 is 1.59. The number of hydrogen-bond acceptors (Lipinski definition) is 3. The number of benzene rings is 1. The highest BCUT2D eigenvalue weighted by molar-refractivity contribution is 7.99. The van der Waals surface area contributed by atoms with Gasteiger partial charge in [-0.05, 0) is 42.2 Å². The molecule has 1 aromatic carbocycles. The molecular weight excluding hydrogens is 363 g/mol. The third-order valence-corrected chi connectivity index (χ3v) is 6.29. The average Bonchev–Trinajstić information content (AvgIpc) is 3.16. The highest BCUT2D eigenvalue weighted by Crippen LogP contribution is 2.48. The maximum absolute atomic E-state index is 13.3. The number of fused-ring (bicyclic) bond motifs is 3. The van der Waals surface area contributed by atoms with Crippen molar-refractivity contribution in [3.63, 3.8) is 0 Å². The number of carboxylic acids is 1. The van der Waals surface area contributed by atoms with E-state index >= 15 is 0 Å². The molecular formula is C21H21FN2O2S. The molecule has 140 valence electrons. The summed E-state index contributed by atoms with van der Waals surface area (Å²) in [5.41, 5.74) is 3.30. The van der Waals surface area contributed by atoms with E-state index in [0.717, 1.165) is 44.9 Å². The summed E-state index contributed by atoms with van der Waals surface area (Å²) in [5.74, 6) is -0.756. The first-order valence-corrected chi connectivity index (χ1v) is 9.92. The van der Waals surface area contributed by atoms with Gasteiger partial charge >= 0.3 is 5.97 Å². The lowest BCUT2D eigenvalue weighted by molar-refractivity contribution is -0.137. The molecule has 0 fully saturated rings. The van der Waals surface area contributed by atoms with Gasteiger partial charge in [-0.25, -0.2) is 4.39 Å². The zero-order chi connectivity index (χ0) is 19.1. The van der Waals surface area contributed by atoms with Crippen LogP contribution in [-0.2, 0) is 11.3 Å². The largest absolute Gasteiger partial charge is 0.481 e. The number of aryl methyl sites for hydroxylation is 1. The maximum atomic E-state index is 13.3. The van der Waals surface area contributed by atoms with E-state index in [1.165, 1.54) is 12.1 Å². The predicted molar refractivity (Wildman–Crippen MR) is 104 cm³/mol. The van der Waals surface area contributed by atoms with Gasteiger partial charge < -0.3 is 9.67 Å². The van der Waals surface area contributed by atoms with Gasteiger partial charge in [0.2, 0.25) is 0 Å². The smallest absolute Gasteiger partial charge is 0.304 e. The Kier molecular flexibility index (Phi) is 4.68. The fraction of sp³-hybridized carbons (Fsp3) is 0.333. The Morgan fingerprint density at radius 2 is 2.07 bits per heavy atom. The average molecular weight is 384 g/mol. The van der Waals surface area contributed by atoms with Crippen LogP contribution in [0.25, 0.3) is 10.9 Å². The Bertz CT molecular complexity index is 1010. The summed E-state index contributed by atoms with van der Waals surface area (Å²) in [6.07, 6.45) is 4.73. The van der Waals surface area contributed by atoms with Crippen molar-refractivity contribution in [2.75, 3.05) is 0 Å². The monoisotopic (exact) mass is 384 g/mol. The number of carbonyl (C=O) groups is 1. The fourth-order valence-corrected chi connectivity index (χ4v) is 5.15. The van der Waals surface area contributed by atoms with Crippen molar-refractivity contribution in [1.82, 2.24) is 9.55 Å². The van der Waals surface area contributed by atoms with Crippen LogP contribution in [-0.4, -0.2) is 20.6 Å². The van der Waals surface area contributed by atoms with Gasteiger partial charge in [0.1, 0.15) is 5.82 Å². The number of aromatic nitrogens is 2. The number of pyridine rings is 1. The molecule has 0 amide bonds. The van der Waals surface area contributed by atoms with Crippen LogP contribution in [0.4, 0.5) is 4.39 Å². The number of rotatable bonds is 5. The Morgan fingerprint density at radius 3 is 2.74 bits per heavy atom. The molecule has 3 heterocycles. The Balaban J connectivity index is 1.93. The van der Waals surface area contributed by atoms with Crippen LogP contribution in [0.15, 0.2) is 46.5 Å². The van der Waals surface area contributed by atoms with E-state index in [0.29, 0.717) is 5.92 Å². The second kappa shape index (κ2) is 7.00. The van der Waals surface area contributed by atoms with E-state index in [-0.39, 0.29) is 18.2 Å². The van der Waals surface area contributed by atoms with E-state index in [1.807, 2.05) is 12.4 Å². The molecule has 1 aliphatic rings. The van der Waals surface area contributed by atoms with Crippen molar-refractivity contribution in [3.8, 4) is 0 Å². The Labute approximate surface area is 161 Å². The molecule has 1 atom stereocenters. The molecule has 0 saturated carbocycles. The Hall–Kier alpha value is -2.34. The number of carboxylic acid groups (broad SMARTS) is 1. The van der Waals surface area contributed by atoms with Gasteiger partial charge in [0, 0.05) is 39.5 Å². The van der Waals surface area contributed by atoms with Crippen LogP contribution in [0, 0.1) is 5.82 Å². The standard InChI is InChI=1S/C21H21FN2O2S/c1-12(2)16-10-23-11-17-19(16)21(27-15-5-3-14(22)4-6-15)20-13(9-18(25)26)7-8-24(17)20/h3-6,10-13H,7-9H2,1-2H3,(H,25,26). The summed E-state index contributed by atoms with van der Waals surface area (Å²) in [6, 6.07) is 6.46. The van der Waals surface area contributed by atoms with Crippen LogP contribution in [0.5, 0.6) is 0 Å². The molecule has 4 rings (SSSR count). The van der Waals surface area contributed by atoms with Crippen molar-refractivity contribution < 1.29 is 14.3 Å². The van der Waals surface area contributed by atoms with Gasteiger partial charge in [0.15, 0.2) is 0 Å². The molecule has 0 spiro atoms. The van der Waals surface area contributed by atoms with Crippen molar-refractivity contribution in [2.45, 2.75) is 54.9 Å². The summed E-state index contributed by atoms with van der Waals surface area (Å²) in [7, 11) is 0. The summed E-state index contributed by atoms with van der Waals surface area (Å²) in [4.78, 5) is 17.9. The topological polar surface area (TPSA) is 55.1 Å². The maximum Gasteiger partial charge on any atom is 0.304 e. The van der Waals surface area contributed by atoms with Crippen LogP contribution in [0.2, 0.25) is 0 Å². The summed E-state index contributed by atoms with van der Waals surface area (Å²) < 4.78 is 15.6. The minimum Gasteiger partial charge on any atom is -0.481 e. The third-order valence-electron chi connectivity index (χ3n) is 5.16. The first-order chi connectivity index (χ1) is 13.0. The second-order valence-corrected chi connectivity index (χ2v) is 8.37. The second-order valence-electron chi connectivity index (χ2n) is 7.28.